The first kappa shape index (κ1) is 16.6. The molecule has 118 valence electrons. The molecule has 2 aromatic rings. The van der Waals surface area contributed by atoms with Gasteiger partial charge in [-0.15, -0.1) is 0 Å². The maximum Gasteiger partial charge on any atom is 0.118 e. The molecule has 0 spiro atoms. The quantitative estimate of drug-likeness (QED) is 0.695. The Balaban J connectivity index is 2.14. The second-order valence-electron chi connectivity index (χ2n) is 6.15. The number of ether oxygens (including phenoxy) is 2. The lowest BCUT2D eigenvalue weighted by atomic mass is 9.78. The SMILES string of the molecule is COCCCc1ccc(C(C)(C)c2ccc(OC)cc2)cc1. The van der Waals surface area contributed by atoms with Gasteiger partial charge in [-0.2, -0.15) is 0 Å². The third kappa shape index (κ3) is 3.89. The van der Waals surface area contributed by atoms with Crippen LogP contribution in [0.1, 0.15) is 37.0 Å². The first-order valence-corrected chi connectivity index (χ1v) is 7.81. The molecular formula is C20H26O2. The second-order valence-corrected chi connectivity index (χ2v) is 6.15. The predicted octanol–water partition coefficient (Wildman–Crippen LogP) is 4.60. The van der Waals surface area contributed by atoms with Crippen molar-refractivity contribution in [2.24, 2.45) is 0 Å². The van der Waals surface area contributed by atoms with Gasteiger partial charge in [0, 0.05) is 19.1 Å². The molecule has 2 nitrogen and oxygen atoms in total. The van der Waals surface area contributed by atoms with Gasteiger partial charge in [-0.3, -0.25) is 0 Å². The number of hydrogen-bond donors (Lipinski definition) is 0. The zero-order valence-corrected chi connectivity index (χ0v) is 14.1. The number of methoxy groups -OCH3 is 2. The van der Waals surface area contributed by atoms with Crippen LogP contribution in [0.25, 0.3) is 0 Å². The maximum atomic E-state index is 5.24. The lowest BCUT2D eigenvalue weighted by Gasteiger charge is -2.26. The van der Waals surface area contributed by atoms with Crippen LogP contribution in [0, 0.1) is 0 Å². The first-order chi connectivity index (χ1) is 10.6. The van der Waals surface area contributed by atoms with E-state index in [1.807, 2.05) is 12.1 Å². The van der Waals surface area contributed by atoms with Gasteiger partial charge in [0.15, 0.2) is 0 Å². The summed E-state index contributed by atoms with van der Waals surface area (Å²) in [7, 11) is 3.45. The van der Waals surface area contributed by atoms with Crippen LogP contribution in [0.15, 0.2) is 48.5 Å². The molecule has 0 heterocycles. The van der Waals surface area contributed by atoms with Gasteiger partial charge < -0.3 is 9.47 Å². The van der Waals surface area contributed by atoms with Crippen molar-refractivity contribution in [1.29, 1.82) is 0 Å². The summed E-state index contributed by atoms with van der Waals surface area (Å²) >= 11 is 0. The fourth-order valence-corrected chi connectivity index (χ4v) is 2.68. The van der Waals surface area contributed by atoms with Crippen LogP contribution in [0.2, 0.25) is 0 Å². The van der Waals surface area contributed by atoms with Crippen LogP contribution < -0.4 is 4.74 Å². The van der Waals surface area contributed by atoms with E-state index in [1.54, 1.807) is 14.2 Å². The Kier molecular flexibility index (Phi) is 5.62. The largest absolute Gasteiger partial charge is 0.497 e. The minimum atomic E-state index is -0.0165. The molecule has 0 aliphatic carbocycles. The molecule has 0 bridgehead atoms. The molecule has 0 amide bonds. The Labute approximate surface area is 134 Å². The van der Waals surface area contributed by atoms with E-state index in [4.69, 9.17) is 9.47 Å². The summed E-state index contributed by atoms with van der Waals surface area (Å²) < 4.78 is 10.3. The number of benzene rings is 2. The molecule has 0 aromatic heterocycles. The fraction of sp³-hybridized carbons (Fsp3) is 0.400. The predicted molar refractivity (Wildman–Crippen MR) is 91.8 cm³/mol. The van der Waals surface area contributed by atoms with Crippen molar-refractivity contribution in [3.63, 3.8) is 0 Å². The topological polar surface area (TPSA) is 18.5 Å². The van der Waals surface area contributed by atoms with Crippen molar-refractivity contribution in [1.82, 2.24) is 0 Å². The fourth-order valence-electron chi connectivity index (χ4n) is 2.68. The molecule has 2 rings (SSSR count). The Morgan fingerprint density at radius 3 is 1.86 bits per heavy atom. The highest BCUT2D eigenvalue weighted by molar-refractivity contribution is 5.40. The standard InChI is InChI=1S/C20H26O2/c1-20(2,18-11-13-19(22-4)14-12-18)17-9-7-16(8-10-17)6-5-15-21-3/h7-14H,5-6,15H2,1-4H3. The van der Waals surface area contributed by atoms with Crippen molar-refractivity contribution in [3.8, 4) is 5.75 Å². The van der Waals surface area contributed by atoms with Crippen LogP contribution >= 0.6 is 0 Å². The van der Waals surface area contributed by atoms with Gasteiger partial charge in [0.2, 0.25) is 0 Å². The zero-order valence-electron chi connectivity index (χ0n) is 14.1. The summed E-state index contributed by atoms with van der Waals surface area (Å²) in [4.78, 5) is 0. The molecule has 2 aromatic carbocycles. The van der Waals surface area contributed by atoms with Gasteiger partial charge in [-0.1, -0.05) is 50.2 Å². The van der Waals surface area contributed by atoms with Crippen molar-refractivity contribution in [2.75, 3.05) is 20.8 Å². The molecule has 2 heteroatoms. The molecule has 0 radical (unpaired) electrons. The summed E-state index contributed by atoms with van der Waals surface area (Å²) in [5.74, 6) is 0.896. The van der Waals surface area contributed by atoms with E-state index in [2.05, 4.69) is 50.2 Å². The second kappa shape index (κ2) is 7.46. The first-order valence-electron chi connectivity index (χ1n) is 7.81. The van der Waals surface area contributed by atoms with Crippen LogP contribution in [0.5, 0.6) is 5.75 Å². The average Bonchev–Trinajstić information content (AvgIpc) is 2.55. The average molecular weight is 298 g/mol. The molecule has 0 saturated carbocycles. The highest BCUT2D eigenvalue weighted by atomic mass is 16.5. The minimum Gasteiger partial charge on any atom is -0.497 e. The van der Waals surface area contributed by atoms with Gasteiger partial charge in [0.1, 0.15) is 5.75 Å². The maximum absolute atomic E-state index is 5.24. The van der Waals surface area contributed by atoms with Crippen LogP contribution in [-0.2, 0) is 16.6 Å². The van der Waals surface area contributed by atoms with Crippen molar-refractivity contribution in [3.05, 3.63) is 65.2 Å². The Morgan fingerprint density at radius 1 is 0.818 bits per heavy atom. The Hall–Kier alpha value is -1.80. The van der Waals surface area contributed by atoms with Crippen molar-refractivity contribution >= 4 is 0 Å². The third-order valence-electron chi connectivity index (χ3n) is 4.30. The Bertz CT molecular complexity index is 568. The van der Waals surface area contributed by atoms with E-state index >= 15 is 0 Å². The summed E-state index contributed by atoms with van der Waals surface area (Å²) in [6, 6.07) is 17.3. The van der Waals surface area contributed by atoms with E-state index in [0.717, 1.165) is 25.2 Å². The molecule has 0 atom stereocenters. The van der Waals surface area contributed by atoms with E-state index in [9.17, 15) is 0 Å². The van der Waals surface area contributed by atoms with Gasteiger partial charge >= 0.3 is 0 Å². The van der Waals surface area contributed by atoms with E-state index in [-0.39, 0.29) is 5.41 Å². The monoisotopic (exact) mass is 298 g/mol. The van der Waals surface area contributed by atoms with E-state index in [1.165, 1.54) is 16.7 Å². The normalized spacial score (nSPS) is 11.5. The third-order valence-corrected chi connectivity index (χ3v) is 4.30. The van der Waals surface area contributed by atoms with Crippen LogP contribution in [0.3, 0.4) is 0 Å². The molecule has 0 saturated heterocycles. The van der Waals surface area contributed by atoms with Crippen LogP contribution in [-0.4, -0.2) is 20.8 Å². The number of hydrogen-bond acceptors (Lipinski definition) is 2. The van der Waals surface area contributed by atoms with Gasteiger partial charge in [-0.05, 0) is 41.7 Å². The summed E-state index contributed by atoms with van der Waals surface area (Å²) in [6.45, 7) is 5.34. The van der Waals surface area contributed by atoms with Gasteiger partial charge in [0.25, 0.3) is 0 Å². The summed E-state index contributed by atoms with van der Waals surface area (Å²) in [6.07, 6.45) is 2.13. The molecular weight excluding hydrogens is 272 g/mol. The molecule has 0 aliphatic heterocycles. The van der Waals surface area contributed by atoms with E-state index < -0.39 is 0 Å². The van der Waals surface area contributed by atoms with E-state index in [0.29, 0.717) is 0 Å². The minimum absolute atomic E-state index is 0.0165. The smallest absolute Gasteiger partial charge is 0.118 e. The van der Waals surface area contributed by atoms with Crippen molar-refractivity contribution in [2.45, 2.75) is 32.1 Å². The highest BCUT2D eigenvalue weighted by Gasteiger charge is 2.22. The Morgan fingerprint density at radius 2 is 1.36 bits per heavy atom. The highest BCUT2D eigenvalue weighted by Crippen LogP contribution is 2.32. The van der Waals surface area contributed by atoms with Gasteiger partial charge in [-0.25, -0.2) is 0 Å². The molecule has 0 fully saturated rings. The number of aryl methyl sites for hydroxylation is 1. The van der Waals surface area contributed by atoms with Crippen molar-refractivity contribution < 1.29 is 9.47 Å². The molecule has 0 unspecified atom stereocenters. The van der Waals surface area contributed by atoms with Crippen LogP contribution in [0.4, 0.5) is 0 Å². The number of rotatable bonds is 7. The molecule has 22 heavy (non-hydrogen) atoms. The summed E-state index contributed by atoms with van der Waals surface area (Å²) in [5, 5.41) is 0. The summed E-state index contributed by atoms with van der Waals surface area (Å²) in [5.41, 5.74) is 3.97. The molecule has 0 aliphatic rings. The van der Waals surface area contributed by atoms with Gasteiger partial charge in [0.05, 0.1) is 7.11 Å². The lowest BCUT2D eigenvalue weighted by Crippen LogP contribution is -2.18. The zero-order chi connectivity index (χ0) is 16.0. The lowest BCUT2D eigenvalue weighted by molar-refractivity contribution is 0.195. The molecule has 0 N–H and O–H groups in total.